The Balaban J connectivity index is 1.79. The predicted molar refractivity (Wildman–Crippen MR) is 90.1 cm³/mol. The number of nitrogens with two attached hydrogens (primary N) is 1. The third-order valence-corrected chi connectivity index (χ3v) is 3.76. The van der Waals surface area contributed by atoms with Crippen molar-refractivity contribution >= 4 is 29.1 Å². The van der Waals surface area contributed by atoms with E-state index in [-0.39, 0.29) is 12.1 Å². The summed E-state index contributed by atoms with van der Waals surface area (Å²) in [6.45, 7) is 1.46. The number of hydrogen-bond donors (Lipinski definition) is 2. The number of hydrogen-bond acceptors (Lipinski definition) is 7. The number of thiazole rings is 1. The van der Waals surface area contributed by atoms with Gasteiger partial charge in [-0.3, -0.25) is 9.59 Å². The number of ether oxygens (including phenoxy) is 2. The summed E-state index contributed by atoms with van der Waals surface area (Å²) in [4.78, 5) is 38.0. The minimum absolute atomic E-state index is 0.277. The molecule has 2 amide bonds. The van der Waals surface area contributed by atoms with Gasteiger partial charge in [0, 0.05) is 5.38 Å². The molecular formula is C16H17N3O5S. The van der Waals surface area contributed by atoms with Crippen molar-refractivity contribution in [3.05, 3.63) is 45.9 Å². The fourth-order valence-electron chi connectivity index (χ4n) is 1.77. The molecule has 3 N–H and O–H groups in total. The second-order valence-corrected chi connectivity index (χ2v) is 6.05. The number of carbonyl (C=O) groups excluding carboxylic acids is 3. The van der Waals surface area contributed by atoms with Crippen molar-refractivity contribution in [2.75, 3.05) is 13.2 Å². The van der Waals surface area contributed by atoms with Gasteiger partial charge in [-0.2, -0.15) is 0 Å². The number of aromatic nitrogens is 1. The molecule has 9 heteroatoms. The van der Waals surface area contributed by atoms with E-state index in [1.165, 1.54) is 12.1 Å². The van der Waals surface area contributed by atoms with Crippen LogP contribution in [0.25, 0.3) is 0 Å². The average molecular weight is 363 g/mol. The second-order valence-electron chi connectivity index (χ2n) is 4.99. The molecule has 0 unspecified atom stereocenters. The van der Waals surface area contributed by atoms with E-state index in [1.54, 1.807) is 23.5 Å². The van der Waals surface area contributed by atoms with Gasteiger partial charge in [0.15, 0.2) is 6.61 Å². The Labute approximate surface area is 148 Å². The summed E-state index contributed by atoms with van der Waals surface area (Å²) < 4.78 is 10.4. The summed E-state index contributed by atoms with van der Waals surface area (Å²) >= 11 is 1.55. The van der Waals surface area contributed by atoms with Gasteiger partial charge in [-0.05, 0) is 31.2 Å². The van der Waals surface area contributed by atoms with Gasteiger partial charge in [0.25, 0.3) is 5.91 Å². The third-order valence-electron chi connectivity index (χ3n) is 2.94. The average Bonchev–Trinajstić information content (AvgIpc) is 3.01. The van der Waals surface area contributed by atoms with Crippen LogP contribution in [0, 0.1) is 6.92 Å². The number of aryl methyl sites for hydroxylation is 1. The van der Waals surface area contributed by atoms with Crippen molar-refractivity contribution in [2.45, 2.75) is 13.5 Å². The molecule has 132 valence electrons. The van der Waals surface area contributed by atoms with Crippen LogP contribution >= 0.6 is 11.3 Å². The molecule has 1 aromatic heterocycles. The minimum atomic E-state index is -0.678. The van der Waals surface area contributed by atoms with E-state index < -0.39 is 24.4 Å². The summed E-state index contributed by atoms with van der Waals surface area (Å²) in [5.41, 5.74) is 6.01. The van der Waals surface area contributed by atoms with Crippen LogP contribution in [0.1, 0.15) is 21.1 Å². The summed E-state index contributed by atoms with van der Waals surface area (Å²) in [5, 5.41) is 5.11. The Morgan fingerprint density at radius 3 is 2.56 bits per heavy atom. The van der Waals surface area contributed by atoms with Gasteiger partial charge in [0.2, 0.25) is 5.91 Å². The molecule has 25 heavy (non-hydrogen) atoms. The van der Waals surface area contributed by atoms with Crippen molar-refractivity contribution in [2.24, 2.45) is 5.73 Å². The lowest BCUT2D eigenvalue weighted by atomic mass is 10.2. The van der Waals surface area contributed by atoms with E-state index >= 15 is 0 Å². The smallest absolute Gasteiger partial charge is 0.338 e. The van der Waals surface area contributed by atoms with E-state index in [0.29, 0.717) is 12.4 Å². The Morgan fingerprint density at radius 1 is 1.24 bits per heavy atom. The zero-order chi connectivity index (χ0) is 18.2. The van der Waals surface area contributed by atoms with Gasteiger partial charge in [-0.15, -0.1) is 11.3 Å². The lowest BCUT2D eigenvalue weighted by Gasteiger charge is -2.07. The van der Waals surface area contributed by atoms with E-state index in [0.717, 1.165) is 10.7 Å². The largest absolute Gasteiger partial charge is 0.487 e. The van der Waals surface area contributed by atoms with Gasteiger partial charge >= 0.3 is 5.97 Å². The maximum absolute atomic E-state index is 11.8. The summed E-state index contributed by atoms with van der Waals surface area (Å²) in [6, 6.07) is 6.32. The monoisotopic (exact) mass is 363 g/mol. The fourth-order valence-corrected chi connectivity index (χ4v) is 2.37. The zero-order valence-electron chi connectivity index (χ0n) is 13.5. The number of amides is 2. The van der Waals surface area contributed by atoms with Gasteiger partial charge < -0.3 is 20.5 Å². The number of nitrogens with zero attached hydrogens (tertiary/aromatic N) is 1. The number of esters is 1. The maximum atomic E-state index is 11.8. The Morgan fingerprint density at radius 2 is 1.96 bits per heavy atom. The van der Waals surface area contributed by atoms with E-state index in [9.17, 15) is 14.4 Å². The van der Waals surface area contributed by atoms with Gasteiger partial charge in [0.05, 0.1) is 22.8 Å². The highest BCUT2D eigenvalue weighted by molar-refractivity contribution is 7.09. The SMILES string of the molecule is Cc1nc(COc2ccc(C(=O)OCC(=O)NCC(N)=O)cc2)cs1. The van der Waals surface area contributed by atoms with Crippen LogP contribution in [0.4, 0.5) is 0 Å². The molecule has 8 nitrogen and oxygen atoms in total. The van der Waals surface area contributed by atoms with Crippen molar-refractivity contribution in [1.29, 1.82) is 0 Å². The summed E-state index contributed by atoms with van der Waals surface area (Å²) in [7, 11) is 0. The first-order valence-electron chi connectivity index (χ1n) is 7.30. The van der Waals surface area contributed by atoms with Gasteiger partial charge in [-0.25, -0.2) is 9.78 Å². The lowest BCUT2D eigenvalue weighted by molar-refractivity contribution is -0.127. The van der Waals surface area contributed by atoms with Crippen LogP contribution in [-0.2, 0) is 20.9 Å². The first-order valence-corrected chi connectivity index (χ1v) is 8.18. The first kappa shape index (κ1) is 18.4. The molecule has 0 aliphatic rings. The molecule has 0 spiro atoms. The molecule has 0 aliphatic carbocycles. The zero-order valence-corrected chi connectivity index (χ0v) is 14.3. The molecule has 1 heterocycles. The topological polar surface area (TPSA) is 121 Å². The van der Waals surface area contributed by atoms with Crippen molar-refractivity contribution in [3.8, 4) is 5.75 Å². The first-order chi connectivity index (χ1) is 11.9. The van der Waals surface area contributed by atoms with Crippen LogP contribution < -0.4 is 15.8 Å². The molecule has 2 rings (SSSR count). The summed E-state index contributed by atoms with van der Waals surface area (Å²) in [5.74, 6) is -1.36. The quantitative estimate of drug-likeness (QED) is 0.669. The molecule has 0 saturated heterocycles. The van der Waals surface area contributed by atoms with E-state index in [2.05, 4.69) is 10.3 Å². The van der Waals surface area contributed by atoms with E-state index in [1.807, 2.05) is 12.3 Å². The minimum Gasteiger partial charge on any atom is -0.487 e. The van der Waals surface area contributed by atoms with Crippen LogP contribution in [0.5, 0.6) is 5.75 Å². The van der Waals surface area contributed by atoms with Crippen molar-refractivity contribution in [1.82, 2.24) is 10.3 Å². The van der Waals surface area contributed by atoms with Crippen LogP contribution in [0.2, 0.25) is 0 Å². The van der Waals surface area contributed by atoms with E-state index in [4.69, 9.17) is 15.2 Å². The highest BCUT2D eigenvalue weighted by atomic mass is 32.1. The Bertz CT molecular complexity index is 757. The lowest BCUT2D eigenvalue weighted by Crippen LogP contribution is -2.35. The number of carbonyl (C=O) groups is 3. The number of benzene rings is 1. The Hall–Kier alpha value is -2.94. The fraction of sp³-hybridized carbons (Fsp3) is 0.250. The second kappa shape index (κ2) is 8.78. The third kappa shape index (κ3) is 6.22. The molecule has 0 atom stereocenters. The summed E-state index contributed by atoms with van der Waals surface area (Å²) in [6.07, 6.45) is 0. The predicted octanol–water partition coefficient (Wildman–Crippen LogP) is 0.789. The van der Waals surface area contributed by atoms with Crippen LogP contribution in [0.3, 0.4) is 0 Å². The van der Waals surface area contributed by atoms with Gasteiger partial charge in [0.1, 0.15) is 12.4 Å². The standard InChI is InChI=1S/C16H17N3O5S/c1-10-19-12(9-25-10)7-23-13-4-2-11(3-5-13)16(22)24-8-15(21)18-6-14(17)20/h2-5,9H,6-8H2,1H3,(H2,17,20)(H,18,21). The number of rotatable bonds is 8. The number of nitrogens with one attached hydrogen (secondary N) is 1. The maximum Gasteiger partial charge on any atom is 0.338 e. The highest BCUT2D eigenvalue weighted by Crippen LogP contribution is 2.16. The Kier molecular flexibility index (Phi) is 6.47. The molecule has 0 aliphatic heterocycles. The molecule has 0 fully saturated rings. The molecule has 0 saturated carbocycles. The molecular weight excluding hydrogens is 346 g/mol. The molecule has 0 radical (unpaired) electrons. The van der Waals surface area contributed by atoms with Crippen LogP contribution in [0.15, 0.2) is 29.6 Å². The van der Waals surface area contributed by atoms with Crippen molar-refractivity contribution in [3.63, 3.8) is 0 Å². The number of primary amides is 1. The normalized spacial score (nSPS) is 10.1. The van der Waals surface area contributed by atoms with Crippen molar-refractivity contribution < 1.29 is 23.9 Å². The van der Waals surface area contributed by atoms with Crippen LogP contribution in [-0.4, -0.2) is 35.9 Å². The van der Waals surface area contributed by atoms with Gasteiger partial charge in [-0.1, -0.05) is 0 Å². The molecule has 2 aromatic rings. The highest BCUT2D eigenvalue weighted by Gasteiger charge is 2.11. The molecule has 0 bridgehead atoms. The molecule has 1 aromatic carbocycles.